The highest BCUT2D eigenvalue weighted by Gasteiger charge is 2.11. The van der Waals surface area contributed by atoms with Crippen LogP contribution in [0.15, 0.2) is 36.9 Å². The highest BCUT2D eigenvalue weighted by Crippen LogP contribution is 2.15. The maximum atomic E-state index is 6.22. The predicted molar refractivity (Wildman–Crippen MR) is 72.0 cm³/mol. The maximum Gasteiger partial charge on any atom is 0.125 e. The normalized spacial score (nSPS) is 12.6. The van der Waals surface area contributed by atoms with Gasteiger partial charge in [-0.1, -0.05) is 6.92 Å². The standard InChI is InChI=1S/C14H20N4/c1-2-10-18-11-9-17-14(18)13(15)4-3-12-5-7-16-8-6-12/h5-9,11,13H,2-4,10,15H2,1H3. The third kappa shape index (κ3) is 3.17. The van der Waals surface area contributed by atoms with Crippen molar-refractivity contribution in [1.82, 2.24) is 14.5 Å². The summed E-state index contributed by atoms with van der Waals surface area (Å²) in [6.45, 7) is 3.14. The number of aromatic nitrogens is 3. The highest BCUT2D eigenvalue weighted by molar-refractivity contribution is 5.10. The Labute approximate surface area is 108 Å². The summed E-state index contributed by atoms with van der Waals surface area (Å²) in [4.78, 5) is 8.39. The molecule has 0 aliphatic carbocycles. The van der Waals surface area contributed by atoms with E-state index in [1.54, 1.807) is 0 Å². The Morgan fingerprint density at radius 2 is 2.06 bits per heavy atom. The average molecular weight is 244 g/mol. The Morgan fingerprint density at radius 1 is 1.28 bits per heavy atom. The van der Waals surface area contributed by atoms with Crippen LogP contribution in [0.5, 0.6) is 0 Å². The van der Waals surface area contributed by atoms with Crippen LogP contribution in [0.4, 0.5) is 0 Å². The molecule has 4 heteroatoms. The quantitative estimate of drug-likeness (QED) is 0.848. The van der Waals surface area contributed by atoms with Crippen LogP contribution in [-0.2, 0) is 13.0 Å². The smallest absolute Gasteiger partial charge is 0.125 e. The number of pyridine rings is 1. The Hall–Kier alpha value is -1.68. The SMILES string of the molecule is CCCn1ccnc1C(N)CCc1ccncc1. The Morgan fingerprint density at radius 3 is 2.78 bits per heavy atom. The largest absolute Gasteiger partial charge is 0.334 e. The van der Waals surface area contributed by atoms with E-state index in [-0.39, 0.29) is 6.04 Å². The van der Waals surface area contributed by atoms with Crippen LogP contribution in [0.2, 0.25) is 0 Å². The fourth-order valence-corrected chi connectivity index (χ4v) is 2.08. The highest BCUT2D eigenvalue weighted by atomic mass is 15.1. The molecule has 18 heavy (non-hydrogen) atoms. The van der Waals surface area contributed by atoms with Crippen molar-refractivity contribution in [2.45, 2.75) is 38.8 Å². The van der Waals surface area contributed by atoms with Gasteiger partial charge in [-0.05, 0) is 37.0 Å². The topological polar surface area (TPSA) is 56.7 Å². The Bertz CT molecular complexity index is 464. The first-order valence-corrected chi connectivity index (χ1v) is 6.46. The van der Waals surface area contributed by atoms with Gasteiger partial charge in [0.1, 0.15) is 5.82 Å². The van der Waals surface area contributed by atoms with E-state index in [0.29, 0.717) is 0 Å². The molecule has 2 N–H and O–H groups in total. The van der Waals surface area contributed by atoms with Crippen LogP contribution < -0.4 is 5.73 Å². The summed E-state index contributed by atoms with van der Waals surface area (Å²) in [5.41, 5.74) is 7.49. The summed E-state index contributed by atoms with van der Waals surface area (Å²) in [6.07, 6.45) is 10.4. The maximum absolute atomic E-state index is 6.22. The van der Waals surface area contributed by atoms with Gasteiger partial charge < -0.3 is 10.3 Å². The lowest BCUT2D eigenvalue weighted by Crippen LogP contribution is -2.17. The Balaban J connectivity index is 1.95. The van der Waals surface area contributed by atoms with Crippen molar-refractivity contribution in [3.63, 3.8) is 0 Å². The predicted octanol–water partition coefficient (Wildman–Crippen LogP) is 2.32. The number of nitrogens with two attached hydrogens (primary N) is 1. The van der Waals surface area contributed by atoms with E-state index >= 15 is 0 Å². The first kappa shape index (κ1) is 12.8. The van der Waals surface area contributed by atoms with Crippen LogP contribution in [0.25, 0.3) is 0 Å². The summed E-state index contributed by atoms with van der Waals surface area (Å²) in [6, 6.07) is 4.07. The minimum atomic E-state index is -0.000264. The van der Waals surface area contributed by atoms with Crippen LogP contribution in [0, 0.1) is 0 Å². The summed E-state index contributed by atoms with van der Waals surface area (Å²) in [5, 5.41) is 0. The van der Waals surface area contributed by atoms with Gasteiger partial charge in [-0.3, -0.25) is 4.98 Å². The molecule has 0 saturated carbocycles. The second-order valence-electron chi connectivity index (χ2n) is 4.48. The molecule has 4 nitrogen and oxygen atoms in total. The molecule has 2 rings (SSSR count). The summed E-state index contributed by atoms with van der Waals surface area (Å²) >= 11 is 0. The van der Waals surface area contributed by atoms with Gasteiger partial charge in [-0.15, -0.1) is 0 Å². The van der Waals surface area contributed by atoms with Crippen molar-refractivity contribution in [1.29, 1.82) is 0 Å². The second-order valence-corrected chi connectivity index (χ2v) is 4.48. The first-order valence-electron chi connectivity index (χ1n) is 6.46. The van der Waals surface area contributed by atoms with Gasteiger partial charge in [-0.25, -0.2) is 4.98 Å². The molecular weight excluding hydrogens is 224 g/mol. The Kier molecular flexibility index (Phi) is 4.47. The van der Waals surface area contributed by atoms with Crippen molar-refractivity contribution < 1.29 is 0 Å². The molecule has 2 heterocycles. The van der Waals surface area contributed by atoms with Crippen molar-refractivity contribution >= 4 is 0 Å². The number of imidazole rings is 1. The van der Waals surface area contributed by atoms with Gasteiger partial charge in [0.05, 0.1) is 6.04 Å². The van der Waals surface area contributed by atoms with E-state index in [2.05, 4.69) is 21.5 Å². The summed E-state index contributed by atoms with van der Waals surface area (Å²) in [5.74, 6) is 0.992. The molecule has 0 radical (unpaired) electrons. The molecule has 96 valence electrons. The monoisotopic (exact) mass is 244 g/mol. The fourth-order valence-electron chi connectivity index (χ4n) is 2.08. The molecule has 0 bridgehead atoms. The molecule has 2 aromatic heterocycles. The third-order valence-corrected chi connectivity index (χ3v) is 3.04. The molecule has 0 amide bonds. The molecule has 0 spiro atoms. The van der Waals surface area contributed by atoms with Crippen LogP contribution in [0.1, 0.15) is 37.2 Å². The van der Waals surface area contributed by atoms with Crippen LogP contribution in [-0.4, -0.2) is 14.5 Å². The van der Waals surface area contributed by atoms with E-state index in [9.17, 15) is 0 Å². The molecule has 0 saturated heterocycles. The molecule has 2 aromatic rings. The zero-order chi connectivity index (χ0) is 12.8. The van der Waals surface area contributed by atoms with Gasteiger partial charge in [0, 0.05) is 31.3 Å². The number of hydrogen-bond acceptors (Lipinski definition) is 3. The van der Waals surface area contributed by atoms with Gasteiger partial charge >= 0.3 is 0 Å². The molecule has 0 aromatic carbocycles. The van der Waals surface area contributed by atoms with E-state index < -0.39 is 0 Å². The van der Waals surface area contributed by atoms with E-state index in [1.807, 2.05) is 36.9 Å². The lowest BCUT2D eigenvalue weighted by molar-refractivity contribution is 0.549. The van der Waals surface area contributed by atoms with Crippen LogP contribution >= 0.6 is 0 Å². The number of rotatable bonds is 6. The van der Waals surface area contributed by atoms with Gasteiger partial charge in [0.25, 0.3) is 0 Å². The zero-order valence-corrected chi connectivity index (χ0v) is 10.8. The van der Waals surface area contributed by atoms with Crippen molar-refractivity contribution in [3.05, 3.63) is 48.3 Å². The van der Waals surface area contributed by atoms with Gasteiger partial charge in [-0.2, -0.15) is 0 Å². The lowest BCUT2D eigenvalue weighted by atomic mass is 10.1. The van der Waals surface area contributed by atoms with Crippen LogP contribution in [0.3, 0.4) is 0 Å². The fraction of sp³-hybridized carbons (Fsp3) is 0.429. The average Bonchev–Trinajstić information content (AvgIpc) is 2.86. The number of aryl methyl sites for hydroxylation is 2. The van der Waals surface area contributed by atoms with Gasteiger partial charge in [0.15, 0.2) is 0 Å². The van der Waals surface area contributed by atoms with Gasteiger partial charge in [0.2, 0.25) is 0 Å². The lowest BCUT2D eigenvalue weighted by Gasteiger charge is -2.13. The molecule has 1 unspecified atom stereocenters. The van der Waals surface area contributed by atoms with Crippen molar-refractivity contribution in [2.75, 3.05) is 0 Å². The molecule has 0 fully saturated rings. The number of nitrogens with zero attached hydrogens (tertiary/aromatic N) is 3. The molecule has 0 aliphatic rings. The summed E-state index contributed by atoms with van der Waals surface area (Å²) in [7, 11) is 0. The zero-order valence-electron chi connectivity index (χ0n) is 10.8. The molecular formula is C14H20N4. The minimum absolute atomic E-state index is 0.000264. The van der Waals surface area contributed by atoms with Crippen molar-refractivity contribution in [3.8, 4) is 0 Å². The van der Waals surface area contributed by atoms with E-state index in [0.717, 1.165) is 31.6 Å². The third-order valence-electron chi connectivity index (χ3n) is 3.04. The van der Waals surface area contributed by atoms with E-state index in [1.165, 1.54) is 5.56 Å². The van der Waals surface area contributed by atoms with Crippen molar-refractivity contribution in [2.24, 2.45) is 5.73 Å². The second kappa shape index (κ2) is 6.31. The van der Waals surface area contributed by atoms with E-state index in [4.69, 9.17) is 5.73 Å². The molecule has 0 aliphatic heterocycles. The summed E-state index contributed by atoms with van der Waals surface area (Å²) < 4.78 is 2.15. The first-order chi connectivity index (χ1) is 8.81. The minimum Gasteiger partial charge on any atom is -0.334 e. The molecule has 1 atom stereocenters. The number of hydrogen-bond donors (Lipinski definition) is 1.